The molecule has 0 atom stereocenters. The minimum atomic E-state index is -0.557. The molecule has 0 N–H and O–H groups in total. The van der Waals surface area contributed by atoms with Crippen LogP contribution >= 0.6 is 12.1 Å². The second-order valence-electron chi connectivity index (χ2n) is 3.71. The lowest BCUT2D eigenvalue weighted by atomic mass is 9.88. The van der Waals surface area contributed by atoms with Gasteiger partial charge < -0.3 is 4.43 Å². The molecule has 0 aliphatic heterocycles. The van der Waals surface area contributed by atoms with Crippen molar-refractivity contribution < 1.29 is 4.43 Å². The van der Waals surface area contributed by atoms with E-state index in [2.05, 4.69) is 32.8 Å². The van der Waals surface area contributed by atoms with Gasteiger partial charge in [-0.15, -0.1) is 0 Å². The monoisotopic (exact) mass is 220 g/mol. The zero-order chi connectivity index (χ0) is 10.2. The largest absolute Gasteiger partial charge is 0.408 e. The van der Waals surface area contributed by atoms with E-state index in [0.717, 1.165) is 0 Å². The fourth-order valence-electron chi connectivity index (χ4n) is 2.10. The average molecular weight is 220 g/mol. The Balaban J connectivity index is 4.19. The van der Waals surface area contributed by atoms with E-state index in [0.29, 0.717) is 0 Å². The molecule has 0 aromatic heterocycles. The predicted octanol–water partition coefficient (Wildman–Crippen LogP) is 3.07. The second kappa shape index (κ2) is 7.89. The summed E-state index contributed by atoms with van der Waals surface area (Å²) in [4.78, 5) is 0. The van der Waals surface area contributed by atoms with Crippen molar-refractivity contribution in [3.8, 4) is 0 Å². The van der Waals surface area contributed by atoms with Gasteiger partial charge in [0.05, 0.1) is 5.60 Å². The fourth-order valence-corrected chi connectivity index (χ4v) is 3.62. The van der Waals surface area contributed by atoms with Crippen LogP contribution in [-0.2, 0) is 4.43 Å². The van der Waals surface area contributed by atoms with Crippen LogP contribution in [0.1, 0.15) is 59.3 Å². The van der Waals surface area contributed by atoms with Crippen LogP contribution in [0.4, 0.5) is 0 Å². The van der Waals surface area contributed by atoms with Crippen molar-refractivity contribution in [1.29, 1.82) is 0 Å². The molecule has 0 unspecified atom stereocenters. The molecule has 0 saturated heterocycles. The van der Waals surface area contributed by atoms with Gasteiger partial charge in [-0.2, -0.15) is 12.1 Å². The third kappa shape index (κ3) is 5.08. The fraction of sp³-hybridized carbons (Fsp3) is 1.00. The highest BCUT2D eigenvalue weighted by Crippen LogP contribution is 2.29. The first-order chi connectivity index (χ1) is 6.24. The normalized spacial score (nSPS) is 12.9. The van der Waals surface area contributed by atoms with Gasteiger partial charge in [0.25, 0.3) is 0 Å². The Morgan fingerprint density at radius 1 is 1.00 bits per heavy atom. The summed E-state index contributed by atoms with van der Waals surface area (Å²) in [6.07, 6.45) is 7.30. The van der Waals surface area contributed by atoms with Crippen LogP contribution in [0.3, 0.4) is 0 Å². The SMILES string of the molecule is CCCC(CCC)(CCC)O[SiH2]S. The number of thiol groups is 1. The number of hydrogen-bond acceptors (Lipinski definition) is 2. The van der Waals surface area contributed by atoms with Crippen molar-refractivity contribution in [3.05, 3.63) is 0 Å². The minimum Gasteiger partial charge on any atom is -0.408 e. The van der Waals surface area contributed by atoms with E-state index < -0.39 is 8.91 Å². The molecule has 0 rings (SSSR count). The van der Waals surface area contributed by atoms with E-state index in [9.17, 15) is 0 Å². The van der Waals surface area contributed by atoms with E-state index in [-0.39, 0.29) is 5.60 Å². The zero-order valence-electron chi connectivity index (χ0n) is 9.31. The Bertz CT molecular complexity index is 90.0. The quantitative estimate of drug-likeness (QED) is 0.488. The summed E-state index contributed by atoms with van der Waals surface area (Å²) in [6.45, 7) is 6.72. The third-order valence-electron chi connectivity index (χ3n) is 2.49. The first-order valence-corrected chi connectivity index (χ1v) is 8.60. The van der Waals surface area contributed by atoms with Gasteiger partial charge in [0.1, 0.15) is 0 Å². The van der Waals surface area contributed by atoms with Crippen LogP contribution < -0.4 is 0 Å². The first kappa shape index (κ1) is 13.5. The Hall–Kier alpha value is 0.527. The molecule has 0 spiro atoms. The van der Waals surface area contributed by atoms with Crippen LogP contribution in [0.5, 0.6) is 0 Å². The smallest absolute Gasteiger partial charge is 0.219 e. The van der Waals surface area contributed by atoms with Crippen LogP contribution in [0.15, 0.2) is 0 Å². The third-order valence-corrected chi connectivity index (χ3v) is 3.62. The molecule has 0 aromatic carbocycles. The lowest BCUT2D eigenvalue weighted by Gasteiger charge is -2.33. The van der Waals surface area contributed by atoms with Crippen LogP contribution in [0.2, 0.25) is 0 Å². The van der Waals surface area contributed by atoms with Crippen molar-refractivity contribution in [3.63, 3.8) is 0 Å². The van der Waals surface area contributed by atoms with Gasteiger partial charge in [-0.05, 0) is 19.3 Å². The maximum atomic E-state index is 5.95. The molecule has 0 aliphatic rings. The number of hydrogen-bond donors (Lipinski definition) is 1. The van der Waals surface area contributed by atoms with Gasteiger partial charge in [-0.3, -0.25) is 0 Å². The van der Waals surface area contributed by atoms with Gasteiger partial charge in [-0.1, -0.05) is 40.0 Å². The van der Waals surface area contributed by atoms with Gasteiger partial charge in [-0.25, -0.2) is 0 Å². The highest BCUT2D eigenvalue weighted by Gasteiger charge is 2.26. The van der Waals surface area contributed by atoms with Crippen LogP contribution in [-0.4, -0.2) is 14.5 Å². The van der Waals surface area contributed by atoms with E-state index in [1.54, 1.807) is 0 Å². The first-order valence-electron chi connectivity index (χ1n) is 5.49. The molecule has 0 amide bonds. The summed E-state index contributed by atoms with van der Waals surface area (Å²) in [6, 6.07) is 0. The van der Waals surface area contributed by atoms with Gasteiger partial charge in [0.2, 0.25) is 8.91 Å². The summed E-state index contributed by atoms with van der Waals surface area (Å²) >= 11 is 4.31. The standard InChI is InChI=1S/C10H24OSSi/c1-4-7-10(8-5-2,9-6-3)11-13-12/h12H,4-9,13H2,1-3H3. The second-order valence-corrected chi connectivity index (χ2v) is 5.03. The van der Waals surface area contributed by atoms with Crippen molar-refractivity contribution in [2.45, 2.75) is 64.9 Å². The van der Waals surface area contributed by atoms with Gasteiger partial charge in [0.15, 0.2) is 0 Å². The molecular formula is C10H24OSSi. The molecule has 3 heteroatoms. The lowest BCUT2D eigenvalue weighted by molar-refractivity contribution is 0.0468. The highest BCUT2D eigenvalue weighted by molar-refractivity contribution is 8.06. The Morgan fingerprint density at radius 2 is 1.38 bits per heavy atom. The van der Waals surface area contributed by atoms with Crippen LogP contribution in [0.25, 0.3) is 0 Å². The molecule has 13 heavy (non-hydrogen) atoms. The molecule has 0 aromatic rings. The molecule has 80 valence electrons. The minimum absolute atomic E-state index is 0.187. The van der Waals surface area contributed by atoms with Crippen molar-refractivity contribution in [1.82, 2.24) is 0 Å². The van der Waals surface area contributed by atoms with E-state index in [4.69, 9.17) is 4.43 Å². The van der Waals surface area contributed by atoms with Crippen molar-refractivity contribution >= 4 is 21.0 Å². The van der Waals surface area contributed by atoms with Crippen molar-refractivity contribution in [2.24, 2.45) is 0 Å². The van der Waals surface area contributed by atoms with Crippen LogP contribution in [0, 0.1) is 0 Å². The Kier molecular flexibility index (Phi) is 8.21. The van der Waals surface area contributed by atoms with Gasteiger partial charge in [0, 0.05) is 0 Å². The van der Waals surface area contributed by atoms with E-state index >= 15 is 0 Å². The summed E-state index contributed by atoms with van der Waals surface area (Å²) < 4.78 is 5.95. The van der Waals surface area contributed by atoms with Crippen molar-refractivity contribution in [2.75, 3.05) is 0 Å². The maximum Gasteiger partial charge on any atom is 0.219 e. The zero-order valence-corrected chi connectivity index (χ0v) is 11.6. The number of rotatable bonds is 8. The Morgan fingerprint density at radius 3 is 1.62 bits per heavy atom. The average Bonchev–Trinajstić information content (AvgIpc) is 2.06. The summed E-state index contributed by atoms with van der Waals surface area (Å²) in [5.41, 5.74) is 0.187. The summed E-state index contributed by atoms with van der Waals surface area (Å²) in [5.74, 6) is 0. The molecule has 0 heterocycles. The van der Waals surface area contributed by atoms with E-state index in [1.165, 1.54) is 38.5 Å². The summed E-state index contributed by atoms with van der Waals surface area (Å²) in [5, 5.41) is 0. The lowest BCUT2D eigenvalue weighted by Crippen LogP contribution is -2.33. The molecule has 0 fully saturated rings. The predicted molar refractivity (Wildman–Crippen MR) is 66.1 cm³/mol. The molecule has 0 aliphatic carbocycles. The van der Waals surface area contributed by atoms with Gasteiger partial charge >= 0.3 is 0 Å². The molecule has 0 radical (unpaired) electrons. The van der Waals surface area contributed by atoms with E-state index in [1.807, 2.05) is 0 Å². The molecular weight excluding hydrogens is 196 g/mol. The topological polar surface area (TPSA) is 9.23 Å². The molecule has 0 saturated carbocycles. The molecule has 1 nitrogen and oxygen atoms in total. The maximum absolute atomic E-state index is 5.95. The Labute approximate surface area is 90.6 Å². The summed E-state index contributed by atoms with van der Waals surface area (Å²) in [7, 11) is -0.557. The highest BCUT2D eigenvalue weighted by atomic mass is 32.3. The molecule has 0 bridgehead atoms.